The second-order valence-corrected chi connectivity index (χ2v) is 4.41. The van der Waals surface area contributed by atoms with Crippen LogP contribution in [0, 0.1) is 5.92 Å². The van der Waals surface area contributed by atoms with Crippen molar-refractivity contribution in [2.24, 2.45) is 11.7 Å². The van der Waals surface area contributed by atoms with Crippen LogP contribution < -0.4 is 11.1 Å². The van der Waals surface area contributed by atoms with E-state index < -0.39 is 0 Å². The summed E-state index contributed by atoms with van der Waals surface area (Å²) in [6, 6.07) is 7.25. The van der Waals surface area contributed by atoms with Crippen molar-refractivity contribution in [3.8, 4) is 0 Å². The van der Waals surface area contributed by atoms with Crippen molar-refractivity contribution in [3.63, 3.8) is 0 Å². The number of nitrogens with two attached hydrogens (primary N) is 1. The number of halogens is 1. The number of anilines is 1. The van der Waals surface area contributed by atoms with Gasteiger partial charge in [-0.3, -0.25) is 4.79 Å². The lowest BCUT2D eigenvalue weighted by Gasteiger charge is -2.15. The van der Waals surface area contributed by atoms with Gasteiger partial charge in [0.05, 0.1) is 10.7 Å². The van der Waals surface area contributed by atoms with Gasteiger partial charge in [0.25, 0.3) is 0 Å². The van der Waals surface area contributed by atoms with Crippen LogP contribution in [0.3, 0.4) is 0 Å². The maximum Gasteiger partial charge on any atom is 0.227 e. The van der Waals surface area contributed by atoms with Gasteiger partial charge in [0.1, 0.15) is 0 Å². The molecule has 1 rings (SSSR count). The zero-order valence-corrected chi connectivity index (χ0v) is 10.8. The van der Waals surface area contributed by atoms with Crippen LogP contribution in [0.5, 0.6) is 0 Å². The molecule has 0 spiro atoms. The number of benzene rings is 1. The van der Waals surface area contributed by atoms with Gasteiger partial charge in [0.15, 0.2) is 0 Å². The maximum atomic E-state index is 12.0. The molecule has 0 aliphatic heterocycles. The monoisotopic (exact) mass is 254 g/mol. The number of hydrogen-bond donors (Lipinski definition) is 2. The highest BCUT2D eigenvalue weighted by molar-refractivity contribution is 6.33. The van der Waals surface area contributed by atoms with Gasteiger partial charge in [-0.2, -0.15) is 0 Å². The first-order chi connectivity index (χ1) is 8.19. The topological polar surface area (TPSA) is 55.1 Å². The third-order valence-electron chi connectivity index (χ3n) is 2.75. The molecule has 0 aromatic heterocycles. The minimum Gasteiger partial charge on any atom is -0.330 e. The molecule has 3 N–H and O–H groups in total. The molecule has 1 aromatic carbocycles. The molecule has 4 heteroatoms. The van der Waals surface area contributed by atoms with E-state index in [9.17, 15) is 4.79 Å². The van der Waals surface area contributed by atoms with Crippen LogP contribution in [0.4, 0.5) is 5.69 Å². The van der Waals surface area contributed by atoms with Crippen molar-refractivity contribution >= 4 is 23.2 Å². The minimum atomic E-state index is 0.00910. The van der Waals surface area contributed by atoms with E-state index in [-0.39, 0.29) is 11.8 Å². The Morgan fingerprint density at radius 2 is 2.18 bits per heavy atom. The third-order valence-corrected chi connectivity index (χ3v) is 3.08. The zero-order valence-electron chi connectivity index (χ0n) is 10.1. The van der Waals surface area contributed by atoms with E-state index >= 15 is 0 Å². The summed E-state index contributed by atoms with van der Waals surface area (Å²) in [7, 11) is 0. The summed E-state index contributed by atoms with van der Waals surface area (Å²) >= 11 is 5.99. The number of hydrogen-bond acceptors (Lipinski definition) is 2. The lowest BCUT2D eigenvalue weighted by atomic mass is 9.99. The molecule has 0 aliphatic rings. The molecule has 0 saturated heterocycles. The first kappa shape index (κ1) is 14.0. The molecule has 1 atom stereocenters. The summed E-state index contributed by atoms with van der Waals surface area (Å²) in [6.45, 7) is 2.63. The molecule has 0 saturated carbocycles. The number of nitrogens with one attached hydrogen (secondary N) is 1. The van der Waals surface area contributed by atoms with E-state index in [1.54, 1.807) is 12.1 Å². The van der Waals surface area contributed by atoms with Gasteiger partial charge in [0, 0.05) is 5.92 Å². The van der Waals surface area contributed by atoms with E-state index in [0.717, 1.165) is 19.3 Å². The summed E-state index contributed by atoms with van der Waals surface area (Å²) < 4.78 is 0. The van der Waals surface area contributed by atoms with Gasteiger partial charge in [0.2, 0.25) is 5.91 Å². The van der Waals surface area contributed by atoms with E-state index in [2.05, 4.69) is 5.32 Å². The van der Waals surface area contributed by atoms with E-state index in [1.165, 1.54) is 0 Å². The first-order valence-corrected chi connectivity index (χ1v) is 6.32. The molecule has 0 heterocycles. The fraction of sp³-hybridized carbons (Fsp3) is 0.462. The summed E-state index contributed by atoms with van der Waals surface area (Å²) in [6.07, 6.45) is 2.51. The fourth-order valence-corrected chi connectivity index (χ4v) is 1.87. The number of rotatable bonds is 6. The van der Waals surface area contributed by atoms with Gasteiger partial charge >= 0.3 is 0 Å². The van der Waals surface area contributed by atoms with Crippen LogP contribution in [-0.2, 0) is 4.79 Å². The molecule has 0 aliphatic carbocycles. The molecule has 0 bridgehead atoms. The van der Waals surface area contributed by atoms with Gasteiger partial charge in [-0.1, -0.05) is 30.7 Å². The molecule has 0 fully saturated rings. The molecule has 1 aromatic rings. The highest BCUT2D eigenvalue weighted by atomic mass is 35.5. The SMILES string of the molecule is CCC(CCCN)C(=O)Nc1ccccc1Cl. The fourth-order valence-electron chi connectivity index (χ4n) is 1.68. The predicted molar refractivity (Wildman–Crippen MR) is 72.2 cm³/mol. The van der Waals surface area contributed by atoms with E-state index in [4.69, 9.17) is 17.3 Å². The number of carbonyl (C=O) groups excluding carboxylic acids is 1. The molecule has 1 amide bonds. The largest absolute Gasteiger partial charge is 0.330 e. The lowest BCUT2D eigenvalue weighted by molar-refractivity contribution is -0.120. The quantitative estimate of drug-likeness (QED) is 0.820. The molecule has 1 unspecified atom stereocenters. The maximum absolute atomic E-state index is 12.0. The Balaban J connectivity index is 2.61. The van der Waals surface area contributed by atoms with Crippen LogP contribution in [0.25, 0.3) is 0 Å². The Bertz CT molecular complexity index is 368. The van der Waals surface area contributed by atoms with Crippen LogP contribution in [-0.4, -0.2) is 12.5 Å². The van der Waals surface area contributed by atoms with E-state index in [0.29, 0.717) is 17.3 Å². The third kappa shape index (κ3) is 4.36. The van der Waals surface area contributed by atoms with Crippen LogP contribution in [0.2, 0.25) is 5.02 Å². The minimum absolute atomic E-state index is 0.00910. The standard InChI is InChI=1S/C13H19ClN2O/c1-2-10(6-5-9-15)13(17)16-12-8-4-3-7-11(12)14/h3-4,7-8,10H,2,5-6,9,15H2,1H3,(H,16,17). The van der Waals surface area contributed by atoms with Gasteiger partial charge in [-0.05, 0) is 37.9 Å². The van der Waals surface area contributed by atoms with Gasteiger partial charge < -0.3 is 11.1 Å². The number of para-hydroxylation sites is 1. The summed E-state index contributed by atoms with van der Waals surface area (Å²) in [5.41, 5.74) is 6.13. The molecule has 0 radical (unpaired) electrons. The van der Waals surface area contributed by atoms with Gasteiger partial charge in [-0.15, -0.1) is 0 Å². The second kappa shape index (κ2) is 7.30. The number of carbonyl (C=O) groups is 1. The highest BCUT2D eigenvalue weighted by Crippen LogP contribution is 2.22. The Morgan fingerprint density at radius 3 is 2.76 bits per heavy atom. The van der Waals surface area contributed by atoms with Crippen LogP contribution >= 0.6 is 11.6 Å². The highest BCUT2D eigenvalue weighted by Gasteiger charge is 2.16. The molecular weight excluding hydrogens is 236 g/mol. The smallest absolute Gasteiger partial charge is 0.227 e. The number of amides is 1. The second-order valence-electron chi connectivity index (χ2n) is 4.01. The molecule has 17 heavy (non-hydrogen) atoms. The summed E-state index contributed by atoms with van der Waals surface area (Å²) in [4.78, 5) is 12.0. The molecule has 94 valence electrons. The van der Waals surface area contributed by atoms with Crippen molar-refractivity contribution in [2.75, 3.05) is 11.9 Å². The lowest BCUT2D eigenvalue weighted by Crippen LogP contribution is -2.23. The predicted octanol–water partition coefficient (Wildman–Crippen LogP) is 3.04. The van der Waals surface area contributed by atoms with Crippen LogP contribution in [0.1, 0.15) is 26.2 Å². The van der Waals surface area contributed by atoms with Crippen molar-refractivity contribution in [1.29, 1.82) is 0 Å². The van der Waals surface area contributed by atoms with Crippen molar-refractivity contribution in [3.05, 3.63) is 29.3 Å². The average Bonchev–Trinajstić information content (AvgIpc) is 2.33. The summed E-state index contributed by atoms with van der Waals surface area (Å²) in [5, 5.41) is 3.42. The Morgan fingerprint density at radius 1 is 1.47 bits per heavy atom. The first-order valence-electron chi connectivity index (χ1n) is 5.94. The summed E-state index contributed by atoms with van der Waals surface area (Å²) in [5.74, 6) is 0.0314. The Kier molecular flexibility index (Phi) is 6.01. The van der Waals surface area contributed by atoms with Crippen LogP contribution in [0.15, 0.2) is 24.3 Å². The Labute approximate surface area is 107 Å². The van der Waals surface area contributed by atoms with Crippen molar-refractivity contribution in [1.82, 2.24) is 0 Å². The molecule has 3 nitrogen and oxygen atoms in total. The normalized spacial score (nSPS) is 12.2. The van der Waals surface area contributed by atoms with E-state index in [1.807, 2.05) is 19.1 Å². The zero-order chi connectivity index (χ0) is 12.7. The molecular formula is C13H19ClN2O. The van der Waals surface area contributed by atoms with Gasteiger partial charge in [-0.25, -0.2) is 0 Å². The van der Waals surface area contributed by atoms with Crippen molar-refractivity contribution in [2.45, 2.75) is 26.2 Å². The Hall–Kier alpha value is -1.06. The average molecular weight is 255 g/mol. The van der Waals surface area contributed by atoms with Crippen molar-refractivity contribution < 1.29 is 4.79 Å².